The predicted molar refractivity (Wildman–Crippen MR) is 102 cm³/mol. The molecular weight excluding hydrogens is 336 g/mol. The molecule has 0 amide bonds. The number of hydrogen-bond acceptors (Lipinski definition) is 5. The molecule has 1 aromatic rings. The molecule has 1 saturated heterocycles. The van der Waals surface area contributed by atoms with E-state index < -0.39 is 0 Å². The van der Waals surface area contributed by atoms with Crippen LogP contribution < -0.4 is 5.32 Å². The first-order valence-electron chi connectivity index (χ1n) is 9.16. The first kappa shape index (κ1) is 19.7. The lowest BCUT2D eigenvalue weighted by Gasteiger charge is -2.33. The Morgan fingerprint density at radius 2 is 2.12 bits per heavy atom. The summed E-state index contributed by atoms with van der Waals surface area (Å²) in [7, 11) is 1.81. The second-order valence-electron chi connectivity index (χ2n) is 6.20. The number of ether oxygens (including phenoxy) is 1. The molecule has 0 saturated carbocycles. The number of guanidine groups is 1. The van der Waals surface area contributed by atoms with Crippen molar-refractivity contribution in [2.75, 3.05) is 33.3 Å². The summed E-state index contributed by atoms with van der Waals surface area (Å²) in [6.07, 6.45) is 3.55. The molecule has 6 nitrogen and oxygen atoms in total. The van der Waals surface area contributed by atoms with Gasteiger partial charge in [-0.15, -0.1) is 11.3 Å². The third-order valence-electron chi connectivity index (χ3n) is 4.52. The van der Waals surface area contributed by atoms with Crippen molar-refractivity contribution in [2.45, 2.75) is 46.5 Å². The van der Waals surface area contributed by atoms with Gasteiger partial charge < -0.3 is 15.0 Å². The molecule has 2 rings (SSSR count). The molecule has 1 aliphatic rings. The summed E-state index contributed by atoms with van der Waals surface area (Å²) in [5.41, 5.74) is 1.21. The lowest BCUT2D eigenvalue weighted by Crippen LogP contribution is -2.47. The fourth-order valence-corrected chi connectivity index (χ4v) is 4.14. The number of aromatic nitrogens is 1. The van der Waals surface area contributed by atoms with Crippen molar-refractivity contribution >= 4 is 23.3 Å². The molecule has 0 spiro atoms. The normalized spacial score (nSPS) is 16.2. The zero-order valence-corrected chi connectivity index (χ0v) is 16.6. The van der Waals surface area contributed by atoms with Gasteiger partial charge >= 0.3 is 5.97 Å². The molecule has 1 aromatic heterocycles. The summed E-state index contributed by atoms with van der Waals surface area (Å²) < 4.78 is 5.13. The molecule has 25 heavy (non-hydrogen) atoms. The molecule has 0 aromatic carbocycles. The fraction of sp³-hybridized carbons (Fsp3) is 0.722. The minimum atomic E-state index is -0.0593. The van der Waals surface area contributed by atoms with E-state index in [0.717, 1.165) is 51.3 Å². The molecule has 7 heteroatoms. The second-order valence-corrected chi connectivity index (χ2v) is 7.49. The van der Waals surface area contributed by atoms with Crippen LogP contribution in [-0.4, -0.2) is 55.1 Å². The van der Waals surface area contributed by atoms with E-state index in [4.69, 9.17) is 4.74 Å². The van der Waals surface area contributed by atoms with Crippen LogP contribution in [-0.2, 0) is 22.4 Å². The van der Waals surface area contributed by atoms with Gasteiger partial charge in [0.05, 0.1) is 23.2 Å². The molecule has 0 aliphatic carbocycles. The van der Waals surface area contributed by atoms with Crippen LogP contribution in [0.25, 0.3) is 0 Å². The average molecular weight is 367 g/mol. The number of carbonyl (C=O) groups excluding carboxylic acids is 1. The van der Waals surface area contributed by atoms with Gasteiger partial charge in [-0.3, -0.25) is 9.79 Å². The van der Waals surface area contributed by atoms with E-state index in [9.17, 15) is 4.79 Å². The summed E-state index contributed by atoms with van der Waals surface area (Å²) >= 11 is 1.79. The molecule has 0 unspecified atom stereocenters. The van der Waals surface area contributed by atoms with Crippen molar-refractivity contribution in [3.05, 3.63) is 15.6 Å². The zero-order valence-electron chi connectivity index (χ0n) is 15.8. The number of aryl methyl sites for hydroxylation is 2. The van der Waals surface area contributed by atoms with Crippen molar-refractivity contribution in [1.29, 1.82) is 0 Å². The van der Waals surface area contributed by atoms with Gasteiger partial charge in [0.15, 0.2) is 5.96 Å². The summed E-state index contributed by atoms with van der Waals surface area (Å²) in [6.45, 7) is 9.08. The second kappa shape index (κ2) is 9.75. The number of esters is 1. The lowest BCUT2D eigenvalue weighted by molar-refractivity contribution is -0.149. The van der Waals surface area contributed by atoms with E-state index in [0.29, 0.717) is 6.61 Å². The van der Waals surface area contributed by atoms with Crippen LogP contribution in [0.3, 0.4) is 0 Å². The highest BCUT2D eigenvalue weighted by Gasteiger charge is 2.27. The number of thiazole rings is 1. The number of carbonyl (C=O) groups is 1. The number of piperidine rings is 1. The van der Waals surface area contributed by atoms with Gasteiger partial charge in [-0.05, 0) is 33.1 Å². The topological polar surface area (TPSA) is 66.8 Å². The quantitative estimate of drug-likeness (QED) is 0.476. The molecule has 1 aliphatic heterocycles. The highest BCUT2D eigenvalue weighted by atomic mass is 32.1. The van der Waals surface area contributed by atoms with Crippen molar-refractivity contribution in [2.24, 2.45) is 10.9 Å². The maximum absolute atomic E-state index is 11.8. The van der Waals surface area contributed by atoms with Gasteiger partial charge in [0, 0.05) is 38.0 Å². The summed E-state index contributed by atoms with van der Waals surface area (Å²) in [5.74, 6) is 0.877. The van der Waals surface area contributed by atoms with E-state index in [2.05, 4.69) is 34.0 Å². The van der Waals surface area contributed by atoms with Gasteiger partial charge in [0.2, 0.25) is 0 Å². The summed E-state index contributed by atoms with van der Waals surface area (Å²) in [4.78, 5) is 24.4. The number of nitrogens with zero attached hydrogens (tertiary/aromatic N) is 3. The molecular formula is C18H30N4O2S. The van der Waals surface area contributed by atoms with E-state index in [1.54, 1.807) is 11.3 Å². The van der Waals surface area contributed by atoms with Gasteiger partial charge in [-0.1, -0.05) is 6.92 Å². The van der Waals surface area contributed by atoms with Crippen molar-refractivity contribution < 1.29 is 9.53 Å². The van der Waals surface area contributed by atoms with Gasteiger partial charge in [-0.25, -0.2) is 4.98 Å². The predicted octanol–water partition coefficient (Wildman–Crippen LogP) is 2.41. The maximum atomic E-state index is 11.8. The smallest absolute Gasteiger partial charge is 0.309 e. The third kappa shape index (κ3) is 5.42. The summed E-state index contributed by atoms with van der Waals surface area (Å²) in [6, 6.07) is 0. The van der Waals surface area contributed by atoms with E-state index in [-0.39, 0.29) is 11.9 Å². The zero-order chi connectivity index (χ0) is 18.2. The minimum absolute atomic E-state index is 0.0278. The van der Waals surface area contributed by atoms with Crippen LogP contribution >= 0.6 is 11.3 Å². The highest BCUT2D eigenvalue weighted by Crippen LogP contribution is 2.19. The third-order valence-corrected chi connectivity index (χ3v) is 5.59. The number of likely N-dealkylation sites (tertiary alicyclic amines) is 1. The molecule has 0 bridgehead atoms. The number of hydrogen-bond donors (Lipinski definition) is 1. The Morgan fingerprint density at radius 3 is 2.68 bits per heavy atom. The Balaban J connectivity index is 1.78. The van der Waals surface area contributed by atoms with E-state index in [1.165, 1.54) is 15.6 Å². The molecule has 2 heterocycles. The van der Waals surface area contributed by atoms with Crippen molar-refractivity contribution in [3.63, 3.8) is 0 Å². The Kier molecular flexibility index (Phi) is 7.68. The Morgan fingerprint density at radius 1 is 1.40 bits per heavy atom. The highest BCUT2D eigenvalue weighted by molar-refractivity contribution is 7.11. The molecule has 1 N–H and O–H groups in total. The fourth-order valence-electron chi connectivity index (χ4n) is 3.12. The van der Waals surface area contributed by atoms with E-state index >= 15 is 0 Å². The molecule has 0 atom stereocenters. The average Bonchev–Trinajstić information content (AvgIpc) is 2.99. The largest absolute Gasteiger partial charge is 0.466 e. The van der Waals surface area contributed by atoms with Crippen LogP contribution in [0.5, 0.6) is 0 Å². The Hall–Kier alpha value is -1.63. The molecule has 0 radical (unpaired) electrons. The molecule has 140 valence electrons. The van der Waals surface area contributed by atoms with Crippen LogP contribution in [0.2, 0.25) is 0 Å². The van der Waals surface area contributed by atoms with Crippen LogP contribution in [0.1, 0.15) is 42.3 Å². The first-order chi connectivity index (χ1) is 12.1. The van der Waals surface area contributed by atoms with Crippen LogP contribution in [0.4, 0.5) is 0 Å². The van der Waals surface area contributed by atoms with Crippen LogP contribution in [0.15, 0.2) is 4.99 Å². The number of nitrogens with one attached hydrogen (secondary N) is 1. The van der Waals surface area contributed by atoms with Gasteiger partial charge in [-0.2, -0.15) is 0 Å². The SMILES string of the molecule is CCOC(=O)C1CCN(C(=NC)NCCc2nc(CC)c(C)s2)CC1. The first-order valence-corrected chi connectivity index (χ1v) is 9.98. The Labute approximate surface area is 154 Å². The number of aliphatic imine (C=N–C) groups is 1. The van der Waals surface area contributed by atoms with Crippen molar-refractivity contribution in [3.8, 4) is 0 Å². The molecule has 1 fully saturated rings. The maximum Gasteiger partial charge on any atom is 0.309 e. The minimum Gasteiger partial charge on any atom is -0.466 e. The summed E-state index contributed by atoms with van der Waals surface area (Å²) in [5, 5.41) is 4.61. The number of rotatable bonds is 6. The standard InChI is InChI=1S/C18H30N4O2S/c1-5-15-13(3)25-16(21-15)7-10-20-18(19-4)22-11-8-14(9-12-22)17(23)24-6-2/h14H,5-12H2,1-4H3,(H,19,20). The monoisotopic (exact) mass is 366 g/mol. The lowest BCUT2D eigenvalue weighted by atomic mass is 9.97. The van der Waals surface area contributed by atoms with Crippen LogP contribution in [0, 0.1) is 12.8 Å². The van der Waals surface area contributed by atoms with Crippen molar-refractivity contribution in [1.82, 2.24) is 15.2 Å². The Bertz CT molecular complexity index is 592. The van der Waals surface area contributed by atoms with E-state index in [1.807, 2.05) is 14.0 Å². The van der Waals surface area contributed by atoms with Gasteiger partial charge in [0.1, 0.15) is 0 Å². The van der Waals surface area contributed by atoms with Gasteiger partial charge in [0.25, 0.3) is 0 Å².